The molecule has 0 bridgehead atoms. The maximum absolute atomic E-state index is 14.9. The predicted molar refractivity (Wildman–Crippen MR) is 131 cm³/mol. The Morgan fingerprint density at radius 2 is 1.58 bits per heavy atom. The lowest BCUT2D eigenvalue weighted by Gasteiger charge is -2.19. The number of nitrogens with one attached hydrogen (secondary N) is 1. The van der Waals surface area contributed by atoms with E-state index in [1.807, 2.05) is 0 Å². The zero-order valence-electron chi connectivity index (χ0n) is 18.0. The Morgan fingerprint density at radius 1 is 1.00 bits per heavy atom. The number of hydrogen-bond donors (Lipinski definition) is 1. The summed E-state index contributed by atoms with van der Waals surface area (Å²) in [7, 11) is 0. The van der Waals surface area contributed by atoms with Crippen molar-refractivity contribution in [3.05, 3.63) is 73.2 Å². The molecule has 0 aliphatic heterocycles. The van der Waals surface area contributed by atoms with Crippen LogP contribution in [0, 0.1) is 0 Å². The molecule has 2 unspecified atom stereocenters. The Kier molecular flexibility index (Phi) is 10.7. The van der Waals surface area contributed by atoms with Crippen LogP contribution < -0.4 is 5.32 Å². The molecule has 2 aromatic carbocycles. The summed E-state index contributed by atoms with van der Waals surface area (Å²) in [5.41, 5.74) is -0.924. The highest BCUT2D eigenvalue weighted by molar-refractivity contribution is 7.99. The first kappa shape index (κ1) is 30.9. The van der Waals surface area contributed by atoms with E-state index in [0.29, 0.717) is 17.8 Å². The molecule has 0 heterocycles. The number of carbonyl (C=O) groups excluding carboxylic acids is 1. The summed E-state index contributed by atoms with van der Waals surface area (Å²) >= 11 is 24.0. The van der Waals surface area contributed by atoms with Gasteiger partial charge in [-0.3, -0.25) is 4.79 Å². The monoisotopic (exact) mass is 615 g/mol. The van der Waals surface area contributed by atoms with Gasteiger partial charge in [-0.2, -0.15) is 38.1 Å². The molecule has 14 heteroatoms. The Labute approximate surface area is 226 Å². The molecule has 2 nitrogen and oxygen atoms in total. The lowest BCUT2D eigenvalue weighted by atomic mass is 9.96. The molecule has 0 aliphatic carbocycles. The third-order valence-corrected chi connectivity index (χ3v) is 7.31. The van der Waals surface area contributed by atoms with E-state index in [4.69, 9.17) is 46.4 Å². The van der Waals surface area contributed by atoms with Crippen LogP contribution in [0.2, 0.25) is 20.1 Å². The molecular formula is C22H16Cl4F7NOS. The van der Waals surface area contributed by atoms with Crippen molar-refractivity contribution >= 4 is 69.9 Å². The first-order valence-electron chi connectivity index (χ1n) is 9.83. The van der Waals surface area contributed by atoms with Crippen LogP contribution in [-0.4, -0.2) is 35.8 Å². The SMILES string of the molecule is CC(CSCC(F)(F)F)NC(=O)c1ccc(/C(F)=C/C(c2cc(Cl)c(Cl)c(Cl)c2)C(F)(F)F)cc1Cl. The number of allylic oxidation sites excluding steroid dienone is 1. The molecule has 0 saturated heterocycles. The standard InChI is InChI=1S/C22H16Cl4F7NOS/c1-10(8-36-9-21(28,29)30)34-20(35)13-3-2-11(4-15(13)23)18(27)7-14(22(31,32)33)12-5-16(24)19(26)17(25)6-12/h2-7,10,14H,8-9H2,1H3,(H,34,35)/b18-7-. The first-order chi connectivity index (χ1) is 16.5. The van der Waals surface area contributed by atoms with Gasteiger partial charge < -0.3 is 5.32 Å². The van der Waals surface area contributed by atoms with Gasteiger partial charge in [0, 0.05) is 17.4 Å². The minimum Gasteiger partial charge on any atom is -0.349 e. The van der Waals surface area contributed by atoms with Crippen molar-refractivity contribution in [1.29, 1.82) is 0 Å². The number of carbonyl (C=O) groups is 1. The van der Waals surface area contributed by atoms with Crippen molar-refractivity contribution in [2.45, 2.75) is 31.2 Å². The van der Waals surface area contributed by atoms with Crippen LogP contribution in [0.25, 0.3) is 5.83 Å². The van der Waals surface area contributed by atoms with Crippen molar-refractivity contribution in [3.63, 3.8) is 0 Å². The largest absolute Gasteiger partial charge is 0.399 e. The van der Waals surface area contributed by atoms with Gasteiger partial charge in [-0.25, -0.2) is 4.39 Å². The Bertz CT molecular complexity index is 1120. The fourth-order valence-corrected chi connectivity index (χ4v) is 4.58. The van der Waals surface area contributed by atoms with E-state index in [0.717, 1.165) is 30.3 Å². The van der Waals surface area contributed by atoms with E-state index in [2.05, 4.69) is 5.32 Å². The predicted octanol–water partition coefficient (Wildman–Crippen LogP) is 9.37. The van der Waals surface area contributed by atoms with Gasteiger partial charge in [0.1, 0.15) is 11.7 Å². The lowest BCUT2D eigenvalue weighted by molar-refractivity contribution is -0.139. The quantitative estimate of drug-likeness (QED) is 0.236. The van der Waals surface area contributed by atoms with E-state index < -0.39 is 47.4 Å². The van der Waals surface area contributed by atoms with E-state index in [-0.39, 0.29) is 37.0 Å². The zero-order valence-corrected chi connectivity index (χ0v) is 21.8. The van der Waals surface area contributed by atoms with Crippen molar-refractivity contribution < 1.29 is 35.5 Å². The van der Waals surface area contributed by atoms with E-state index in [1.54, 1.807) is 0 Å². The second-order valence-corrected chi connectivity index (χ2v) is 10.2. The lowest BCUT2D eigenvalue weighted by Crippen LogP contribution is -2.34. The van der Waals surface area contributed by atoms with Crippen LogP contribution >= 0.6 is 58.2 Å². The first-order valence-corrected chi connectivity index (χ1v) is 12.5. The topological polar surface area (TPSA) is 29.1 Å². The molecule has 2 atom stereocenters. The van der Waals surface area contributed by atoms with Crippen LogP contribution in [0.5, 0.6) is 0 Å². The molecule has 0 saturated carbocycles. The molecule has 1 N–H and O–H groups in total. The summed E-state index contributed by atoms with van der Waals surface area (Å²) in [5, 5.41) is 1.54. The van der Waals surface area contributed by atoms with E-state index >= 15 is 0 Å². The molecule has 0 aromatic heterocycles. The van der Waals surface area contributed by atoms with Crippen molar-refractivity contribution in [2.24, 2.45) is 0 Å². The van der Waals surface area contributed by atoms with Crippen LogP contribution in [0.1, 0.15) is 34.3 Å². The van der Waals surface area contributed by atoms with Gasteiger partial charge in [0.15, 0.2) is 0 Å². The van der Waals surface area contributed by atoms with Gasteiger partial charge >= 0.3 is 12.4 Å². The maximum Gasteiger partial charge on any atom is 0.399 e. The Balaban J connectivity index is 2.24. The van der Waals surface area contributed by atoms with Gasteiger partial charge in [-0.05, 0) is 42.8 Å². The zero-order chi connectivity index (χ0) is 27.4. The molecule has 36 heavy (non-hydrogen) atoms. The third-order valence-electron chi connectivity index (χ3n) is 4.53. The van der Waals surface area contributed by atoms with E-state index in [9.17, 15) is 35.5 Å². The molecular weight excluding hydrogens is 601 g/mol. The van der Waals surface area contributed by atoms with Gasteiger partial charge in [0.25, 0.3) is 5.91 Å². The minimum absolute atomic E-state index is 0.0319. The third kappa shape index (κ3) is 8.90. The summed E-state index contributed by atoms with van der Waals surface area (Å²) in [6.07, 6.45) is -8.95. The smallest absolute Gasteiger partial charge is 0.349 e. The Morgan fingerprint density at radius 3 is 2.08 bits per heavy atom. The summed E-state index contributed by atoms with van der Waals surface area (Å²) in [6.45, 7) is 1.48. The van der Waals surface area contributed by atoms with Crippen LogP contribution in [0.15, 0.2) is 36.4 Å². The molecule has 0 aliphatic rings. The summed E-state index contributed by atoms with van der Waals surface area (Å²) < 4.78 is 92.7. The fraction of sp³-hybridized carbons (Fsp3) is 0.318. The van der Waals surface area contributed by atoms with Gasteiger partial charge in [-0.1, -0.05) is 52.5 Å². The number of alkyl halides is 6. The highest BCUT2D eigenvalue weighted by Crippen LogP contribution is 2.42. The number of hydrogen-bond acceptors (Lipinski definition) is 2. The normalized spacial score (nSPS) is 14.5. The molecule has 198 valence electrons. The van der Waals surface area contributed by atoms with Gasteiger partial charge in [0.05, 0.1) is 31.4 Å². The summed E-state index contributed by atoms with van der Waals surface area (Å²) in [4.78, 5) is 12.4. The number of thioether (sulfide) groups is 1. The van der Waals surface area contributed by atoms with Crippen molar-refractivity contribution in [3.8, 4) is 0 Å². The van der Waals surface area contributed by atoms with Crippen LogP contribution in [0.3, 0.4) is 0 Å². The van der Waals surface area contributed by atoms with Gasteiger partial charge in [0.2, 0.25) is 0 Å². The average Bonchev–Trinajstić information content (AvgIpc) is 2.73. The molecule has 0 radical (unpaired) electrons. The summed E-state index contributed by atoms with van der Waals surface area (Å²) in [6, 6.07) is 4.29. The minimum atomic E-state index is -4.91. The Hall–Kier alpha value is -1.33. The number of rotatable bonds is 8. The van der Waals surface area contributed by atoms with Gasteiger partial charge in [-0.15, -0.1) is 0 Å². The van der Waals surface area contributed by atoms with Crippen LogP contribution in [0.4, 0.5) is 30.7 Å². The van der Waals surface area contributed by atoms with Crippen molar-refractivity contribution in [2.75, 3.05) is 11.5 Å². The van der Waals surface area contributed by atoms with Crippen LogP contribution in [-0.2, 0) is 0 Å². The number of amides is 1. The number of benzene rings is 2. The van der Waals surface area contributed by atoms with Crippen molar-refractivity contribution in [1.82, 2.24) is 5.32 Å². The maximum atomic E-state index is 14.9. The second-order valence-electron chi connectivity index (χ2n) is 7.53. The highest BCUT2D eigenvalue weighted by Gasteiger charge is 2.40. The second kappa shape index (κ2) is 12.5. The average molecular weight is 617 g/mol. The molecule has 0 fully saturated rings. The molecule has 0 spiro atoms. The molecule has 2 aromatic rings. The fourth-order valence-electron chi connectivity index (χ4n) is 2.92. The molecule has 1 amide bonds. The molecule has 2 rings (SSSR count). The van der Waals surface area contributed by atoms with E-state index in [1.165, 1.54) is 6.92 Å². The highest BCUT2D eigenvalue weighted by atomic mass is 35.5. The number of halogens is 11. The summed E-state index contributed by atoms with van der Waals surface area (Å²) in [5.74, 6) is -5.57.